The van der Waals surface area contributed by atoms with Crippen LogP contribution >= 0.6 is 11.8 Å². The fourth-order valence-electron chi connectivity index (χ4n) is 1.61. The van der Waals surface area contributed by atoms with E-state index in [0.29, 0.717) is 11.3 Å². The molecule has 0 saturated carbocycles. The first-order valence-electron chi connectivity index (χ1n) is 5.43. The average molecular weight is 255 g/mol. The van der Waals surface area contributed by atoms with Crippen LogP contribution in [0.1, 0.15) is 5.56 Å². The second-order valence-electron chi connectivity index (χ2n) is 3.77. The van der Waals surface area contributed by atoms with E-state index < -0.39 is 0 Å². The number of benzene rings is 2. The number of nitrogen functional groups attached to an aromatic ring is 1. The lowest BCUT2D eigenvalue weighted by molar-refractivity contribution is 1.43. The Bertz CT molecular complexity index is 602. The van der Waals surface area contributed by atoms with Gasteiger partial charge in [0.05, 0.1) is 11.3 Å². The Kier molecular flexibility index (Phi) is 3.75. The van der Waals surface area contributed by atoms with Crippen molar-refractivity contribution in [2.24, 2.45) is 0 Å². The van der Waals surface area contributed by atoms with Crippen molar-refractivity contribution in [3.63, 3.8) is 0 Å². The lowest BCUT2D eigenvalue weighted by Crippen LogP contribution is -1.94. The predicted octanol–water partition coefficient (Wildman–Crippen LogP) is 3.61. The Labute approximate surface area is 111 Å². The molecular formula is C14H13N3S. The summed E-state index contributed by atoms with van der Waals surface area (Å²) in [5.74, 6) is 0. The molecule has 2 aromatic carbocycles. The summed E-state index contributed by atoms with van der Waals surface area (Å²) in [5, 5.41) is 12.1. The zero-order valence-electron chi connectivity index (χ0n) is 9.97. The van der Waals surface area contributed by atoms with Crippen molar-refractivity contribution in [3.8, 4) is 6.07 Å². The molecule has 90 valence electrons. The van der Waals surface area contributed by atoms with Gasteiger partial charge in [0.25, 0.3) is 0 Å². The van der Waals surface area contributed by atoms with Gasteiger partial charge in [-0.25, -0.2) is 0 Å². The molecule has 0 aliphatic rings. The highest BCUT2D eigenvalue weighted by Crippen LogP contribution is 2.24. The number of anilines is 3. The average Bonchev–Trinajstić information content (AvgIpc) is 2.39. The van der Waals surface area contributed by atoms with Crippen LogP contribution in [0.25, 0.3) is 0 Å². The maximum Gasteiger partial charge on any atom is 0.101 e. The van der Waals surface area contributed by atoms with Crippen LogP contribution < -0.4 is 11.1 Å². The molecule has 0 spiro atoms. The van der Waals surface area contributed by atoms with Gasteiger partial charge in [0, 0.05) is 16.3 Å². The van der Waals surface area contributed by atoms with E-state index in [9.17, 15) is 0 Å². The smallest absolute Gasteiger partial charge is 0.101 e. The van der Waals surface area contributed by atoms with E-state index in [-0.39, 0.29) is 0 Å². The van der Waals surface area contributed by atoms with E-state index in [1.54, 1.807) is 23.9 Å². The number of rotatable bonds is 3. The summed E-state index contributed by atoms with van der Waals surface area (Å²) in [4.78, 5) is 1.20. The van der Waals surface area contributed by atoms with Crippen molar-refractivity contribution in [2.75, 3.05) is 17.3 Å². The standard InChI is InChI=1S/C14H13N3S/c1-18-13-4-2-3-11(7-13)17-12-6-5-10(9-15)14(16)8-12/h2-8,17H,16H2,1H3. The summed E-state index contributed by atoms with van der Waals surface area (Å²) in [6.45, 7) is 0. The summed E-state index contributed by atoms with van der Waals surface area (Å²) >= 11 is 1.69. The maximum absolute atomic E-state index is 8.81. The van der Waals surface area contributed by atoms with Crippen molar-refractivity contribution < 1.29 is 0 Å². The van der Waals surface area contributed by atoms with Crippen molar-refractivity contribution in [2.45, 2.75) is 4.90 Å². The topological polar surface area (TPSA) is 61.8 Å². The van der Waals surface area contributed by atoms with Gasteiger partial charge in [-0.3, -0.25) is 0 Å². The van der Waals surface area contributed by atoms with Crippen molar-refractivity contribution >= 4 is 28.8 Å². The van der Waals surface area contributed by atoms with Crippen molar-refractivity contribution in [1.29, 1.82) is 5.26 Å². The fraction of sp³-hybridized carbons (Fsp3) is 0.0714. The van der Waals surface area contributed by atoms with Gasteiger partial charge in [0.2, 0.25) is 0 Å². The molecule has 0 aliphatic heterocycles. The van der Waals surface area contributed by atoms with Crippen LogP contribution in [0.5, 0.6) is 0 Å². The van der Waals surface area contributed by atoms with E-state index >= 15 is 0 Å². The molecule has 0 aromatic heterocycles. The fourth-order valence-corrected chi connectivity index (χ4v) is 2.07. The lowest BCUT2D eigenvalue weighted by atomic mass is 10.2. The van der Waals surface area contributed by atoms with Gasteiger partial charge in [-0.15, -0.1) is 11.8 Å². The molecular weight excluding hydrogens is 242 g/mol. The summed E-state index contributed by atoms with van der Waals surface area (Å²) in [7, 11) is 0. The van der Waals surface area contributed by atoms with E-state index in [4.69, 9.17) is 11.0 Å². The maximum atomic E-state index is 8.81. The molecule has 0 bridgehead atoms. The Balaban J connectivity index is 2.23. The zero-order valence-corrected chi connectivity index (χ0v) is 10.8. The van der Waals surface area contributed by atoms with Gasteiger partial charge >= 0.3 is 0 Å². The first-order valence-corrected chi connectivity index (χ1v) is 6.66. The molecule has 0 radical (unpaired) electrons. The molecule has 4 heteroatoms. The SMILES string of the molecule is CSc1cccc(Nc2ccc(C#N)c(N)c2)c1. The number of nitrogens with zero attached hydrogens (tertiary/aromatic N) is 1. The molecule has 0 saturated heterocycles. The summed E-state index contributed by atoms with van der Waals surface area (Å²) < 4.78 is 0. The number of thioether (sulfide) groups is 1. The quantitative estimate of drug-likeness (QED) is 0.649. The highest BCUT2D eigenvalue weighted by molar-refractivity contribution is 7.98. The summed E-state index contributed by atoms with van der Waals surface area (Å²) in [6, 6.07) is 15.5. The van der Waals surface area contributed by atoms with Crippen LogP contribution in [-0.2, 0) is 0 Å². The number of hydrogen-bond donors (Lipinski definition) is 2. The summed E-state index contributed by atoms with van der Waals surface area (Å²) in [5.41, 5.74) is 8.65. The molecule has 2 aromatic rings. The molecule has 0 atom stereocenters. The third-order valence-electron chi connectivity index (χ3n) is 2.53. The molecule has 3 nitrogen and oxygen atoms in total. The number of hydrogen-bond acceptors (Lipinski definition) is 4. The minimum Gasteiger partial charge on any atom is -0.398 e. The van der Waals surface area contributed by atoms with E-state index in [0.717, 1.165) is 11.4 Å². The second kappa shape index (κ2) is 5.48. The number of nitriles is 1. The Hall–Kier alpha value is -2.12. The molecule has 0 unspecified atom stereocenters. The van der Waals surface area contributed by atoms with E-state index in [1.807, 2.05) is 30.5 Å². The van der Waals surface area contributed by atoms with Gasteiger partial charge in [0.15, 0.2) is 0 Å². The normalized spacial score (nSPS) is 9.78. The highest BCUT2D eigenvalue weighted by Gasteiger charge is 2.01. The van der Waals surface area contributed by atoms with Gasteiger partial charge in [-0.1, -0.05) is 6.07 Å². The first kappa shape index (κ1) is 12.3. The van der Waals surface area contributed by atoms with E-state index in [2.05, 4.69) is 17.4 Å². The van der Waals surface area contributed by atoms with Crippen LogP contribution in [0, 0.1) is 11.3 Å². The molecule has 0 fully saturated rings. The zero-order chi connectivity index (χ0) is 13.0. The molecule has 0 heterocycles. The molecule has 2 rings (SSSR count). The monoisotopic (exact) mass is 255 g/mol. The third kappa shape index (κ3) is 2.76. The van der Waals surface area contributed by atoms with Crippen LogP contribution in [0.4, 0.5) is 17.1 Å². The van der Waals surface area contributed by atoms with Crippen LogP contribution in [0.2, 0.25) is 0 Å². The van der Waals surface area contributed by atoms with Crippen LogP contribution in [0.3, 0.4) is 0 Å². The summed E-state index contributed by atoms with van der Waals surface area (Å²) in [6.07, 6.45) is 2.04. The van der Waals surface area contributed by atoms with E-state index in [1.165, 1.54) is 4.90 Å². The van der Waals surface area contributed by atoms with Crippen LogP contribution in [0.15, 0.2) is 47.4 Å². The van der Waals surface area contributed by atoms with Crippen molar-refractivity contribution in [1.82, 2.24) is 0 Å². The van der Waals surface area contributed by atoms with Gasteiger partial charge < -0.3 is 11.1 Å². The Morgan fingerprint density at radius 2 is 1.94 bits per heavy atom. The van der Waals surface area contributed by atoms with Gasteiger partial charge in [-0.2, -0.15) is 5.26 Å². The highest BCUT2D eigenvalue weighted by atomic mass is 32.2. The molecule has 0 aliphatic carbocycles. The molecule has 0 amide bonds. The van der Waals surface area contributed by atoms with Crippen molar-refractivity contribution in [3.05, 3.63) is 48.0 Å². The molecule has 18 heavy (non-hydrogen) atoms. The van der Waals surface area contributed by atoms with Gasteiger partial charge in [-0.05, 0) is 42.7 Å². The largest absolute Gasteiger partial charge is 0.398 e. The Morgan fingerprint density at radius 1 is 1.17 bits per heavy atom. The molecule has 3 N–H and O–H groups in total. The first-order chi connectivity index (χ1) is 8.72. The minimum atomic E-state index is 0.489. The minimum absolute atomic E-state index is 0.489. The Morgan fingerprint density at radius 3 is 2.61 bits per heavy atom. The predicted molar refractivity (Wildman–Crippen MR) is 77.1 cm³/mol. The van der Waals surface area contributed by atoms with Gasteiger partial charge in [0.1, 0.15) is 6.07 Å². The lowest BCUT2D eigenvalue weighted by Gasteiger charge is -2.08. The van der Waals surface area contributed by atoms with Crippen LogP contribution in [-0.4, -0.2) is 6.26 Å². The number of nitrogens with one attached hydrogen (secondary N) is 1. The third-order valence-corrected chi connectivity index (χ3v) is 3.26. The second-order valence-corrected chi connectivity index (χ2v) is 4.65. The number of nitrogens with two attached hydrogens (primary N) is 1.